The maximum absolute atomic E-state index is 12.0. The lowest BCUT2D eigenvalue weighted by Crippen LogP contribution is -2.58. The molecule has 104 valence electrons. The second kappa shape index (κ2) is 5.57. The lowest BCUT2D eigenvalue weighted by molar-refractivity contribution is -0.151. The highest BCUT2D eigenvalue weighted by molar-refractivity contribution is 5.76. The number of nitrogens with zero attached hydrogens (tertiary/aromatic N) is 1. The Morgan fingerprint density at radius 3 is 2.89 bits per heavy atom. The molecule has 4 nitrogen and oxygen atoms in total. The second-order valence-corrected chi connectivity index (χ2v) is 6.27. The van der Waals surface area contributed by atoms with Gasteiger partial charge in [-0.3, -0.25) is 9.69 Å². The zero-order chi connectivity index (χ0) is 13.2. The van der Waals surface area contributed by atoms with Gasteiger partial charge in [0.15, 0.2) is 0 Å². The fourth-order valence-electron chi connectivity index (χ4n) is 3.30. The summed E-state index contributed by atoms with van der Waals surface area (Å²) in [5, 5.41) is 3.31. The number of carbonyl (C=O) groups excluding carboxylic acids is 1. The van der Waals surface area contributed by atoms with E-state index in [2.05, 4.69) is 24.1 Å². The summed E-state index contributed by atoms with van der Waals surface area (Å²) in [5.74, 6) is -0.0607. The molecular weight excluding hydrogens is 228 g/mol. The van der Waals surface area contributed by atoms with Gasteiger partial charge < -0.3 is 10.1 Å². The number of ether oxygens (including phenoxy) is 1. The first-order valence-corrected chi connectivity index (χ1v) is 7.16. The van der Waals surface area contributed by atoms with Crippen LogP contribution in [0.25, 0.3) is 0 Å². The van der Waals surface area contributed by atoms with Crippen LogP contribution in [-0.2, 0) is 9.53 Å². The van der Waals surface area contributed by atoms with Crippen LogP contribution < -0.4 is 5.32 Å². The van der Waals surface area contributed by atoms with E-state index < -0.39 is 0 Å². The summed E-state index contributed by atoms with van der Waals surface area (Å²) in [4.78, 5) is 14.4. The van der Waals surface area contributed by atoms with Crippen LogP contribution in [-0.4, -0.2) is 49.2 Å². The molecule has 4 heteroatoms. The molecule has 1 saturated carbocycles. The Labute approximate surface area is 110 Å². The summed E-state index contributed by atoms with van der Waals surface area (Å²) in [5.41, 5.74) is 0.425. The first kappa shape index (κ1) is 13.8. The molecule has 0 bridgehead atoms. The topological polar surface area (TPSA) is 41.6 Å². The SMILES string of the molecule is CCOC(=O)C1CNCCN1C1CCC(C)(C)C1. The van der Waals surface area contributed by atoms with E-state index in [4.69, 9.17) is 4.74 Å². The molecule has 1 saturated heterocycles. The van der Waals surface area contributed by atoms with Gasteiger partial charge in [-0.2, -0.15) is 0 Å². The van der Waals surface area contributed by atoms with Crippen molar-refractivity contribution in [3.05, 3.63) is 0 Å². The monoisotopic (exact) mass is 254 g/mol. The predicted molar refractivity (Wildman–Crippen MR) is 71.4 cm³/mol. The normalized spacial score (nSPS) is 32.4. The van der Waals surface area contributed by atoms with Gasteiger partial charge in [0.05, 0.1) is 6.61 Å². The summed E-state index contributed by atoms with van der Waals surface area (Å²) in [7, 11) is 0. The van der Waals surface area contributed by atoms with Crippen molar-refractivity contribution in [3.8, 4) is 0 Å². The van der Waals surface area contributed by atoms with Crippen LogP contribution in [0.3, 0.4) is 0 Å². The Morgan fingerprint density at radius 1 is 1.50 bits per heavy atom. The van der Waals surface area contributed by atoms with Gasteiger partial charge in [0.25, 0.3) is 0 Å². The number of piperazine rings is 1. The molecular formula is C14H26N2O2. The number of carbonyl (C=O) groups is 1. The van der Waals surface area contributed by atoms with Crippen molar-refractivity contribution in [2.75, 3.05) is 26.2 Å². The highest BCUT2D eigenvalue weighted by Gasteiger charge is 2.40. The molecule has 18 heavy (non-hydrogen) atoms. The van der Waals surface area contributed by atoms with Crippen molar-refractivity contribution in [2.45, 2.75) is 52.1 Å². The minimum absolute atomic E-state index is 0.0607. The summed E-state index contributed by atoms with van der Waals surface area (Å²) in [6, 6.07) is 0.467. The standard InChI is InChI=1S/C14H26N2O2/c1-4-18-13(17)12-10-15-7-8-16(12)11-5-6-14(2,3)9-11/h11-12,15H,4-10H2,1-3H3. The van der Waals surface area contributed by atoms with E-state index in [1.165, 1.54) is 19.3 Å². The number of rotatable bonds is 3. The Morgan fingerprint density at radius 2 is 2.28 bits per heavy atom. The molecule has 0 amide bonds. The Balaban J connectivity index is 2.02. The molecule has 2 rings (SSSR count). The van der Waals surface area contributed by atoms with Gasteiger partial charge in [0.2, 0.25) is 0 Å². The van der Waals surface area contributed by atoms with Crippen LogP contribution in [0.15, 0.2) is 0 Å². The number of hydrogen-bond acceptors (Lipinski definition) is 4. The molecule has 1 N–H and O–H groups in total. The van der Waals surface area contributed by atoms with Crippen molar-refractivity contribution in [1.29, 1.82) is 0 Å². The fraction of sp³-hybridized carbons (Fsp3) is 0.929. The molecule has 0 radical (unpaired) electrons. The Hall–Kier alpha value is -0.610. The highest BCUT2D eigenvalue weighted by atomic mass is 16.5. The van der Waals surface area contributed by atoms with Gasteiger partial charge in [-0.25, -0.2) is 0 Å². The van der Waals surface area contributed by atoms with E-state index in [1.54, 1.807) is 0 Å². The largest absolute Gasteiger partial charge is 0.465 e. The third-order valence-corrected chi connectivity index (χ3v) is 4.26. The van der Waals surface area contributed by atoms with Gasteiger partial charge in [0, 0.05) is 25.7 Å². The molecule has 0 aromatic carbocycles. The van der Waals surface area contributed by atoms with Crippen LogP contribution in [0.1, 0.15) is 40.0 Å². The van der Waals surface area contributed by atoms with Crippen LogP contribution >= 0.6 is 0 Å². The van der Waals surface area contributed by atoms with E-state index in [0.29, 0.717) is 18.1 Å². The quantitative estimate of drug-likeness (QED) is 0.773. The van der Waals surface area contributed by atoms with E-state index in [-0.39, 0.29) is 12.0 Å². The summed E-state index contributed by atoms with van der Waals surface area (Å²) >= 11 is 0. The third-order valence-electron chi connectivity index (χ3n) is 4.26. The number of nitrogens with one attached hydrogen (secondary N) is 1. The molecule has 2 unspecified atom stereocenters. The van der Waals surface area contributed by atoms with Gasteiger partial charge in [-0.05, 0) is 31.6 Å². The van der Waals surface area contributed by atoms with Gasteiger partial charge >= 0.3 is 5.97 Å². The minimum atomic E-state index is -0.0856. The fourth-order valence-corrected chi connectivity index (χ4v) is 3.30. The van der Waals surface area contributed by atoms with E-state index in [1.807, 2.05) is 6.92 Å². The Bertz CT molecular complexity index is 304. The number of hydrogen-bond donors (Lipinski definition) is 1. The maximum atomic E-state index is 12.0. The first-order valence-electron chi connectivity index (χ1n) is 7.16. The third kappa shape index (κ3) is 3.04. The second-order valence-electron chi connectivity index (χ2n) is 6.27. The molecule has 0 spiro atoms. The highest BCUT2D eigenvalue weighted by Crippen LogP contribution is 2.40. The lowest BCUT2D eigenvalue weighted by Gasteiger charge is -2.39. The molecule has 1 aliphatic heterocycles. The van der Waals surface area contributed by atoms with Crippen LogP contribution in [0.4, 0.5) is 0 Å². The van der Waals surface area contributed by atoms with Crippen molar-refractivity contribution in [1.82, 2.24) is 10.2 Å². The van der Waals surface area contributed by atoms with E-state index >= 15 is 0 Å². The molecule has 2 fully saturated rings. The van der Waals surface area contributed by atoms with Crippen LogP contribution in [0.5, 0.6) is 0 Å². The molecule has 2 atom stereocenters. The first-order chi connectivity index (χ1) is 8.53. The molecule has 1 aliphatic carbocycles. The number of esters is 1. The van der Waals surface area contributed by atoms with Crippen molar-refractivity contribution in [2.24, 2.45) is 5.41 Å². The average molecular weight is 254 g/mol. The van der Waals surface area contributed by atoms with E-state index in [9.17, 15) is 4.79 Å². The molecule has 2 aliphatic rings. The Kier molecular flexibility index (Phi) is 4.28. The van der Waals surface area contributed by atoms with E-state index in [0.717, 1.165) is 19.6 Å². The van der Waals surface area contributed by atoms with Crippen LogP contribution in [0, 0.1) is 5.41 Å². The predicted octanol–water partition coefficient (Wildman–Crippen LogP) is 1.40. The van der Waals surface area contributed by atoms with Gasteiger partial charge in [-0.1, -0.05) is 13.8 Å². The van der Waals surface area contributed by atoms with Gasteiger partial charge in [0.1, 0.15) is 6.04 Å². The zero-order valence-corrected chi connectivity index (χ0v) is 11.9. The zero-order valence-electron chi connectivity index (χ0n) is 11.9. The maximum Gasteiger partial charge on any atom is 0.324 e. The molecule has 0 aromatic heterocycles. The average Bonchev–Trinajstić information content (AvgIpc) is 2.70. The molecule has 1 heterocycles. The summed E-state index contributed by atoms with van der Waals surface area (Å²) in [6.45, 7) is 9.67. The summed E-state index contributed by atoms with van der Waals surface area (Å²) < 4.78 is 5.20. The van der Waals surface area contributed by atoms with Crippen LogP contribution in [0.2, 0.25) is 0 Å². The van der Waals surface area contributed by atoms with Gasteiger partial charge in [-0.15, -0.1) is 0 Å². The van der Waals surface area contributed by atoms with Crippen molar-refractivity contribution < 1.29 is 9.53 Å². The molecule has 0 aromatic rings. The minimum Gasteiger partial charge on any atom is -0.465 e. The summed E-state index contributed by atoms with van der Waals surface area (Å²) in [6.07, 6.45) is 3.67. The van der Waals surface area contributed by atoms with Crippen molar-refractivity contribution in [3.63, 3.8) is 0 Å². The van der Waals surface area contributed by atoms with Crippen molar-refractivity contribution >= 4 is 5.97 Å². The lowest BCUT2D eigenvalue weighted by atomic mass is 9.91. The smallest absolute Gasteiger partial charge is 0.324 e.